The van der Waals surface area contributed by atoms with Crippen molar-refractivity contribution in [3.63, 3.8) is 0 Å². The number of hydrogen-bond donors (Lipinski definition) is 1. The summed E-state index contributed by atoms with van der Waals surface area (Å²) in [7, 11) is 1.24. The van der Waals surface area contributed by atoms with Crippen molar-refractivity contribution >= 4 is 40.9 Å². The number of carbonyl (C=O) groups is 2. The molecule has 0 heterocycles. The molecule has 0 unspecified atom stereocenters. The second-order valence-corrected chi connectivity index (χ2v) is 6.02. The Kier molecular flexibility index (Phi) is 6.16. The zero-order valence-electron chi connectivity index (χ0n) is 12.4. The van der Waals surface area contributed by atoms with Crippen molar-refractivity contribution < 1.29 is 23.1 Å². The highest BCUT2D eigenvalue weighted by Crippen LogP contribution is 2.25. The summed E-state index contributed by atoms with van der Waals surface area (Å²) in [6, 6.07) is 7.42. The fraction of sp³-hybridized carbons (Fsp3) is 0.125. The van der Waals surface area contributed by atoms with Crippen LogP contribution >= 0.6 is 23.4 Å². The summed E-state index contributed by atoms with van der Waals surface area (Å²) in [5.41, 5.74) is 0.471. The quantitative estimate of drug-likeness (QED) is 0.634. The number of esters is 1. The number of halogens is 3. The standard InChI is InChI=1S/C16H12ClF2NO3S/c1-23-16(22)9-2-4-11(17)13(6-9)20-15(21)8-24-14-5-3-10(18)7-12(14)19/h2-7H,8H2,1H3,(H,20,21). The van der Waals surface area contributed by atoms with Gasteiger partial charge in [-0.1, -0.05) is 11.6 Å². The van der Waals surface area contributed by atoms with Crippen LogP contribution in [-0.2, 0) is 9.53 Å². The van der Waals surface area contributed by atoms with E-state index in [-0.39, 0.29) is 26.9 Å². The number of nitrogens with one attached hydrogen (secondary N) is 1. The molecule has 0 aliphatic heterocycles. The molecule has 1 amide bonds. The lowest BCUT2D eigenvalue weighted by molar-refractivity contribution is -0.113. The Bertz CT molecular complexity index is 786. The van der Waals surface area contributed by atoms with Gasteiger partial charge < -0.3 is 10.1 Å². The van der Waals surface area contributed by atoms with Crippen LogP contribution in [0.25, 0.3) is 0 Å². The molecule has 24 heavy (non-hydrogen) atoms. The highest BCUT2D eigenvalue weighted by atomic mass is 35.5. The Balaban J connectivity index is 2.03. The van der Waals surface area contributed by atoms with Crippen LogP contribution in [0.4, 0.5) is 14.5 Å². The predicted molar refractivity (Wildman–Crippen MR) is 88.5 cm³/mol. The van der Waals surface area contributed by atoms with Crippen LogP contribution in [0.1, 0.15) is 10.4 Å². The molecule has 0 fully saturated rings. The number of rotatable bonds is 5. The van der Waals surface area contributed by atoms with E-state index in [0.717, 1.165) is 23.9 Å². The fourth-order valence-corrected chi connectivity index (χ4v) is 2.67. The van der Waals surface area contributed by atoms with Crippen LogP contribution in [0.2, 0.25) is 5.02 Å². The van der Waals surface area contributed by atoms with Crippen molar-refractivity contribution in [2.24, 2.45) is 0 Å². The normalized spacial score (nSPS) is 10.3. The predicted octanol–water partition coefficient (Wildman–Crippen LogP) is 4.14. The summed E-state index contributed by atoms with van der Waals surface area (Å²) >= 11 is 6.89. The molecule has 0 radical (unpaired) electrons. The minimum Gasteiger partial charge on any atom is -0.465 e. The van der Waals surface area contributed by atoms with E-state index in [9.17, 15) is 18.4 Å². The third-order valence-corrected chi connectivity index (χ3v) is 4.29. The monoisotopic (exact) mass is 371 g/mol. The first-order valence-corrected chi connectivity index (χ1v) is 8.02. The van der Waals surface area contributed by atoms with E-state index in [1.54, 1.807) is 0 Å². The smallest absolute Gasteiger partial charge is 0.337 e. The molecule has 8 heteroatoms. The van der Waals surface area contributed by atoms with E-state index in [2.05, 4.69) is 10.1 Å². The van der Waals surface area contributed by atoms with Gasteiger partial charge in [-0.15, -0.1) is 11.8 Å². The SMILES string of the molecule is COC(=O)c1ccc(Cl)c(NC(=O)CSc2ccc(F)cc2F)c1. The van der Waals surface area contributed by atoms with E-state index in [1.807, 2.05) is 0 Å². The highest BCUT2D eigenvalue weighted by molar-refractivity contribution is 8.00. The van der Waals surface area contributed by atoms with Crippen molar-refractivity contribution in [2.75, 3.05) is 18.2 Å². The van der Waals surface area contributed by atoms with Crippen molar-refractivity contribution in [3.05, 3.63) is 58.6 Å². The highest BCUT2D eigenvalue weighted by Gasteiger charge is 2.12. The first kappa shape index (κ1) is 18.2. The molecule has 0 aliphatic carbocycles. The lowest BCUT2D eigenvalue weighted by Gasteiger charge is -2.09. The molecule has 0 saturated carbocycles. The zero-order valence-corrected chi connectivity index (χ0v) is 14.0. The Labute approximate surface area is 146 Å². The number of ether oxygens (including phenoxy) is 1. The van der Waals surface area contributed by atoms with E-state index < -0.39 is 23.5 Å². The molecular formula is C16H12ClF2NO3S. The summed E-state index contributed by atoms with van der Waals surface area (Å²) in [4.78, 5) is 23.6. The Morgan fingerprint density at radius 3 is 2.62 bits per heavy atom. The third kappa shape index (κ3) is 4.69. The van der Waals surface area contributed by atoms with Gasteiger partial charge in [-0.3, -0.25) is 4.79 Å². The van der Waals surface area contributed by atoms with Gasteiger partial charge in [0.05, 0.1) is 29.1 Å². The van der Waals surface area contributed by atoms with Gasteiger partial charge in [0.25, 0.3) is 0 Å². The number of methoxy groups -OCH3 is 1. The molecule has 0 spiro atoms. The van der Waals surface area contributed by atoms with Gasteiger partial charge in [0.15, 0.2) is 0 Å². The van der Waals surface area contributed by atoms with Gasteiger partial charge in [0.1, 0.15) is 11.6 Å². The number of carbonyl (C=O) groups excluding carboxylic acids is 2. The van der Waals surface area contributed by atoms with E-state index in [0.29, 0.717) is 0 Å². The summed E-state index contributed by atoms with van der Waals surface area (Å²) in [5.74, 6) is -2.55. The minimum absolute atomic E-state index is 0.110. The maximum Gasteiger partial charge on any atom is 0.337 e. The topological polar surface area (TPSA) is 55.4 Å². The van der Waals surface area contributed by atoms with E-state index in [1.165, 1.54) is 31.4 Å². The van der Waals surface area contributed by atoms with Crippen molar-refractivity contribution in [1.82, 2.24) is 0 Å². The fourth-order valence-electron chi connectivity index (χ4n) is 1.79. The van der Waals surface area contributed by atoms with Gasteiger partial charge in [-0.2, -0.15) is 0 Å². The van der Waals surface area contributed by atoms with E-state index in [4.69, 9.17) is 11.6 Å². The molecule has 2 aromatic rings. The molecule has 2 rings (SSSR count). The van der Waals surface area contributed by atoms with Crippen molar-refractivity contribution in [1.29, 1.82) is 0 Å². The zero-order chi connectivity index (χ0) is 17.7. The van der Waals surface area contributed by atoms with Crippen molar-refractivity contribution in [2.45, 2.75) is 4.90 Å². The van der Waals surface area contributed by atoms with Crippen LogP contribution < -0.4 is 5.32 Å². The van der Waals surface area contributed by atoms with Crippen LogP contribution in [0.5, 0.6) is 0 Å². The average molecular weight is 372 g/mol. The van der Waals surface area contributed by atoms with Gasteiger partial charge in [-0.05, 0) is 30.3 Å². The molecular weight excluding hydrogens is 360 g/mol. The molecule has 0 aliphatic rings. The molecule has 0 atom stereocenters. The second-order valence-electron chi connectivity index (χ2n) is 4.60. The lowest BCUT2D eigenvalue weighted by Crippen LogP contribution is -2.15. The largest absolute Gasteiger partial charge is 0.465 e. The third-order valence-electron chi connectivity index (χ3n) is 2.91. The van der Waals surface area contributed by atoms with Gasteiger partial charge in [-0.25, -0.2) is 13.6 Å². The lowest BCUT2D eigenvalue weighted by atomic mass is 10.2. The first-order valence-electron chi connectivity index (χ1n) is 6.66. The Hall–Kier alpha value is -2.12. The Morgan fingerprint density at radius 1 is 1.21 bits per heavy atom. The van der Waals surface area contributed by atoms with Gasteiger partial charge >= 0.3 is 5.97 Å². The summed E-state index contributed by atoms with van der Waals surface area (Å²) in [6.45, 7) is 0. The number of benzene rings is 2. The Morgan fingerprint density at radius 2 is 1.96 bits per heavy atom. The number of thioether (sulfide) groups is 1. The van der Waals surface area contributed by atoms with Crippen LogP contribution in [0.3, 0.4) is 0 Å². The second kappa shape index (κ2) is 8.12. The summed E-state index contributed by atoms with van der Waals surface area (Å²) in [5, 5.41) is 2.78. The molecule has 0 aromatic heterocycles. The van der Waals surface area contributed by atoms with Crippen LogP contribution in [0, 0.1) is 11.6 Å². The van der Waals surface area contributed by atoms with Gasteiger partial charge in [0, 0.05) is 11.0 Å². The summed E-state index contributed by atoms with van der Waals surface area (Å²) in [6.07, 6.45) is 0. The maximum absolute atomic E-state index is 13.5. The number of amides is 1. The van der Waals surface area contributed by atoms with Crippen LogP contribution in [-0.4, -0.2) is 24.7 Å². The number of anilines is 1. The average Bonchev–Trinajstić information content (AvgIpc) is 2.55. The molecule has 0 saturated heterocycles. The van der Waals surface area contributed by atoms with Gasteiger partial charge in [0.2, 0.25) is 5.91 Å². The molecule has 4 nitrogen and oxygen atoms in total. The number of hydrogen-bond acceptors (Lipinski definition) is 4. The first-order chi connectivity index (χ1) is 11.4. The molecule has 126 valence electrons. The molecule has 2 aromatic carbocycles. The molecule has 1 N–H and O–H groups in total. The molecule has 0 bridgehead atoms. The maximum atomic E-state index is 13.5. The van der Waals surface area contributed by atoms with Crippen LogP contribution in [0.15, 0.2) is 41.3 Å². The van der Waals surface area contributed by atoms with Crippen molar-refractivity contribution in [3.8, 4) is 0 Å². The minimum atomic E-state index is -0.737. The van der Waals surface area contributed by atoms with E-state index >= 15 is 0 Å². The summed E-state index contributed by atoms with van der Waals surface area (Å²) < 4.78 is 30.9.